The Morgan fingerprint density at radius 1 is 1.03 bits per heavy atom. The van der Waals surface area contributed by atoms with Gasteiger partial charge in [-0.2, -0.15) is 0 Å². The molecule has 0 unspecified atom stereocenters. The number of hydrogen-bond acceptors (Lipinski definition) is 6. The number of likely N-dealkylation sites (tertiary alicyclic amines) is 1. The minimum atomic E-state index is -0.464. The molecule has 0 bridgehead atoms. The highest BCUT2D eigenvalue weighted by Gasteiger charge is 2.37. The third kappa shape index (κ3) is 5.29. The Morgan fingerprint density at radius 2 is 1.78 bits per heavy atom. The van der Waals surface area contributed by atoms with Crippen LogP contribution in [0.2, 0.25) is 0 Å². The maximum absolute atomic E-state index is 13.1. The molecule has 9 nitrogen and oxygen atoms in total. The smallest absolute Gasteiger partial charge is 0.294 e. The molecule has 10 heteroatoms. The molecule has 190 valence electrons. The van der Waals surface area contributed by atoms with Gasteiger partial charge < -0.3 is 9.47 Å². The van der Waals surface area contributed by atoms with E-state index in [1.807, 2.05) is 41.1 Å². The number of nitrogens with zero attached hydrogens (tertiary/aromatic N) is 4. The molecule has 2 aliphatic rings. The molecule has 37 heavy (non-hydrogen) atoms. The summed E-state index contributed by atoms with van der Waals surface area (Å²) in [5.41, 5.74) is 2.45. The average molecular weight is 519 g/mol. The number of hydrogen-bond donors (Lipinski definition) is 0. The summed E-state index contributed by atoms with van der Waals surface area (Å²) < 4.78 is 1.97. The van der Waals surface area contributed by atoms with E-state index in [1.165, 1.54) is 6.07 Å². The number of non-ortho nitro benzene ring substituents is 1. The van der Waals surface area contributed by atoms with Gasteiger partial charge in [-0.25, -0.2) is 0 Å². The molecule has 3 heterocycles. The largest absolute Gasteiger partial charge is 0.342 e. The second kappa shape index (κ2) is 10.6. The molecular formula is C27H26N4O5S. The Bertz CT molecular complexity index is 1420. The lowest BCUT2D eigenvalue weighted by Crippen LogP contribution is -2.42. The molecule has 3 amide bonds. The second-order valence-electron chi connectivity index (χ2n) is 9.22. The molecular weight excluding hydrogens is 492 g/mol. The summed E-state index contributed by atoms with van der Waals surface area (Å²) in [6.07, 6.45) is 7.61. The fourth-order valence-corrected chi connectivity index (χ4v) is 5.65. The number of benzene rings is 2. The Hall–Kier alpha value is -3.92. The highest BCUT2D eigenvalue weighted by Crippen LogP contribution is 2.34. The molecule has 0 N–H and O–H groups in total. The van der Waals surface area contributed by atoms with Gasteiger partial charge in [-0.3, -0.25) is 29.4 Å². The van der Waals surface area contributed by atoms with Crippen LogP contribution in [0.15, 0.2) is 59.6 Å². The van der Waals surface area contributed by atoms with Crippen LogP contribution in [0.4, 0.5) is 10.5 Å². The number of imide groups is 1. The van der Waals surface area contributed by atoms with Crippen molar-refractivity contribution >= 4 is 51.5 Å². The van der Waals surface area contributed by atoms with Crippen LogP contribution in [-0.4, -0.2) is 56.0 Å². The fourth-order valence-electron chi connectivity index (χ4n) is 4.82. The summed E-state index contributed by atoms with van der Waals surface area (Å²) in [5.74, 6) is -0.660. The van der Waals surface area contributed by atoms with Crippen LogP contribution >= 0.6 is 11.8 Å². The fraction of sp³-hybridized carbons (Fsp3) is 0.296. The maximum atomic E-state index is 13.1. The van der Waals surface area contributed by atoms with Gasteiger partial charge in [-0.05, 0) is 42.3 Å². The number of fused-ring (bicyclic) bond motifs is 1. The number of nitro benzene ring substituents is 1. The Morgan fingerprint density at radius 3 is 2.54 bits per heavy atom. The van der Waals surface area contributed by atoms with E-state index in [0.717, 1.165) is 64.4 Å². The van der Waals surface area contributed by atoms with Crippen molar-refractivity contribution in [2.75, 3.05) is 19.6 Å². The van der Waals surface area contributed by atoms with Gasteiger partial charge in [0.1, 0.15) is 6.54 Å². The van der Waals surface area contributed by atoms with E-state index in [4.69, 9.17) is 0 Å². The molecule has 5 rings (SSSR count). The highest BCUT2D eigenvalue weighted by atomic mass is 32.2. The SMILES string of the molecule is O=C(CN1C(=O)SC(=Cc2cn(Cc3cccc([N+](=O)[O-])c3)c3ccccc23)C1=O)N1CCCCCC1. The van der Waals surface area contributed by atoms with Crippen LogP contribution in [0.5, 0.6) is 0 Å². The summed E-state index contributed by atoms with van der Waals surface area (Å²) in [5, 5.41) is 11.6. The van der Waals surface area contributed by atoms with Crippen molar-refractivity contribution in [3.63, 3.8) is 0 Å². The molecule has 2 aromatic carbocycles. The van der Waals surface area contributed by atoms with Crippen molar-refractivity contribution in [2.45, 2.75) is 32.2 Å². The first kappa shape index (κ1) is 24.8. The topological polar surface area (TPSA) is 106 Å². The van der Waals surface area contributed by atoms with Gasteiger partial charge in [-0.15, -0.1) is 0 Å². The quantitative estimate of drug-likeness (QED) is 0.257. The lowest BCUT2D eigenvalue weighted by atomic mass is 10.1. The van der Waals surface area contributed by atoms with Crippen molar-refractivity contribution in [2.24, 2.45) is 0 Å². The van der Waals surface area contributed by atoms with E-state index in [-0.39, 0.29) is 23.0 Å². The summed E-state index contributed by atoms with van der Waals surface area (Å²) >= 11 is 0.840. The number of nitro groups is 1. The molecule has 0 radical (unpaired) electrons. The number of rotatable bonds is 6. The highest BCUT2D eigenvalue weighted by molar-refractivity contribution is 8.18. The second-order valence-corrected chi connectivity index (χ2v) is 10.2. The monoisotopic (exact) mass is 518 g/mol. The van der Waals surface area contributed by atoms with Crippen LogP contribution in [-0.2, 0) is 16.1 Å². The number of aromatic nitrogens is 1. The van der Waals surface area contributed by atoms with Crippen LogP contribution < -0.4 is 0 Å². The number of thioether (sulfide) groups is 1. The van der Waals surface area contributed by atoms with Crippen LogP contribution in [0.25, 0.3) is 17.0 Å². The van der Waals surface area contributed by atoms with Crippen molar-refractivity contribution in [1.29, 1.82) is 0 Å². The van der Waals surface area contributed by atoms with Crippen LogP contribution in [0.1, 0.15) is 36.8 Å². The van der Waals surface area contributed by atoms with E-state index in [2.05, 4.69) is 0 Å². The normalized spacial score (nSPS) is 17.6. The summed E-state index contributed by atoms with van der Waals surface area (Å²) in [6, 6.07) is 14.1. The van der Waals surface area contributed by atoms with Crippen molar-refractivity contribution in [3.8, 4) is 0 Å². The zero-order valence-corrected chi connectivity index (χ0v) is 21.0. The minimum absolute atomic E-state index is 0.0255. The lowest BCUT2D eigenvalue weighted by Gasteiger charge is -2.22. The van der Waals surface area contributed by atoms with E-state index < -0.39 is 16.1 Å². The minimum Gasteiger partial charge on any atom is -0.342 e. The summed E-state index contributed by atoms with van der Waals surface area (Å²) in [4.78, 5) is 52.4. The van der Waals surface area contributed by atoms with Crippen LogP contribution in [0, 0.1) is 10.1 Å². The van der Waals surface area contributed by atoms with Gasteiger partial charge in [0.2, 0.25) is 5.91 Å². The number of para-hydroxylation sites is 1. The van der Waals surface area contributed by atoms with E-state index >= 15 is 0 Å². The van der Waals surface area contributed by atoms with Gasteiger partial charge in [0.05, 0.1) is 9.83 Å². The maximum Gasteiger partial charge on any atom is 0.294 e. The van der Waals surface area contributed by atoms with Gasteiger partial charge in [0, 0.05) is 54.4 Å². The lowest BCUT2D eigenvalue weighted by molar-refractivity contribution is -0.384. The van der Waals surface area contributed by atoms with E-state index in [9.17, 15) is 24.5 Å². The van der Waals surface area contributed by atoms with Crippen molar-refractivity contribution < 1.29 is 19.3 Å². The zero-order valence-electron chi connectivity index (χ0n) is 20.2. The molecule has 0 aliphatic carbocycles. The summed E-state index contributed by atoms with van der Waals surface area (Å²) in [7, 11) is 0. The predicted molar refractivity (Wildman–Crippen MR) is 142 cm³/mol. The number of carbonyl (C=O) groups is 3. The first-order valence-corrected chi connectivity index (χ1v) is 13.1. The third-order valence-electron chi connectivity index (χ3n) is 6.71. The Kier molecular flexibility index (Phi) is 7.09. The standard InChI is InChI=1S/C27H26N4O5S/c32-25(28-12-5-1-2-6-13-28)18-30-26(33)24(37-27(30)34)15-20-17-29(23-11-4-3-10-22(20)23)16-19-8-7-9-21(14-19)31(35)36/h3-4,7-11,14-15,17H,1-2,5-6,12-13,16,18H2. The van der Waals surface area contributed by atoms with E-state index in [0.29, 0.717) is 19.6 Å². The number of carbonyl (C=O) groups excluding carboxylic acids is 3. The number of amides is 3. The molecule has 3 aromatic rings. The Balaban J connectivity index is 1.39. The summed E-state index contributed by atoms with van der Waals surface area (Å²) in [6.45, 7) is 1.49. The molecule has 0 atom stereocenters. The third-order valence-corrected chi connectivity index (χ3v) is 7.61. The molecule has 2 saturated heterocycles. The molecule has 0 saturated carbocycles. The van der Waals surface area contributed by atoms with E-state index in [1.54, 1.807) is 23.1 Å². The zero-order chi connectivity index (χ0) is 25.9. The van der Waals surface area contributed by atoms with Gasteiger partial charge >= 0.3 is 0 Å². The molecule has 2 fully saturated rings. The Labute approximate surface area is 217 Å². The average Bonchev–Trinajstić information content (AvgIpc) is 3.20. The van der Waals surface area contributed by atoms with Gasteiger partial charge in [0.25, 0.3) is 16.8 Å². The van der Waals surface area contributed by atoms with Crippen LogP contribution in [0.3, 0.4) is 0 Å². The van der Waals surface area contributed by atoms with Gasteiger partial charge in [-0.1, -0.05) is 43.2 Å². The molecule has 2 aliphatic heterocycles. The first-order chi connectivity index (χ1) is 17.9. The van der Waals surface area contributed by atoms with Gasteiger partial charge in [0.15, 0.2) is 0 Å². The molecule has 1 aromatic heterocycles. The predicted octanol–water partition coefficient (Wildman–Crippen LogP) is 5.04. The first-order valence-electron chi connectivity index (χ1n) is 12.2. The van der Waals surface area contributed by atoms with Crippen molar-refractivity contribution in [1.82, 2.24) is 14.4 Å². The van der Waals surface area contributed by atoms with Crippen molar-refractivity contribution in [3.05, 3.63) is 80.9 Å². The molecule has 0 spiro atoms.